The molecule has 1 heterocycles. The molecule has 5 nitrogen and oxygen atoms in total. The number of carboxylic acids is 1. The van der Waals surface area contributed by atoms with Gasteiger partial charge in [-0.3, -0.25) is 9.59 Å². The summed E-state index contributed by atoms with van der Waals surface area (Å²) in [6, 6.07) is 0.811. The summed E-state index contributed by atoms with van der Waals surface area (Å²) in [6.45, 7) is 0. The molecule has 0 aromatic carbocycles. The second kappa shape index (κ2) is 4.07. The van der Waals surface area contributed by atoms with Gasteiger partial charge in [-0.15, -0.1) is 0 Å². The van der Waals surface area contributed by atoms with Crippen LogP contribution in [0, 0.1) is 0 Å². The summed E-state index contributed by atoms with van der Waals surface area (Å²) in [5, 5.41) is 8.46. The Morgan fingerprint density at radius 1 is 1.60 bits per heavy atom. The molecule has 82 valence electrons. The Bertz CT molecular complexity index is 442. The zero-order chi connectivity index (χ0) is 11.6. The number of pyridine rings is 1. The van der Waals surface area contributed by atoms with Gasteiger partial charge in [0, 0.05) is 6.07 Å². The number of carbonyl (C=O) groups is 1. The van der Waals surface area contributed by atoms with E-state index < -0.39 is 35.8 Å². The molecule has 15 heavy (non-hydrogen) atoms. The number of hydrogen-bond donors (Lipinski definition) is 3. The average molecular weight is 218 g/mol. The third kappa shape index (κ3) is 2.52. The zero-order valence-corrected chi connectivity index (χ0v) is 7.46. The van der Waals surface area contributed by atoms with E-state index in [1.807, 2.05) is 4.98 Å². The van der Waals surface area contributed by atoms with Gasteiger partial charge in [-0.05, 0) is 5.56 Å². The summed E-state index contributed by atoms with van der Waals surface area (Å²) in [5.41, 5.74) is 3.58. The van der Waals surface area contributed by atoms with Crippen molar-refractivity contribution >= 4 is 11.8 Å². The highest BCUT2D eigenvalue weighted by Crippen LogP contribution is 2.26. The number of carboxylic acid groups (broad SMARTS) is 1. The zero-order valence-electron chi connectivity index (χ0n) is 7.46. The van der Waals surface area contributed by atoms with Crippen LogP contribution in [-0.4, -0.2) is 16.1 Å². The van der Waals surface area contributed by atoms with Gasteiger partial charge in [-0.25, -0.2) is 8.78 Å². The molecule has 0 aliphatic carbocycles. The van der Waals surface area contributed by atoms with E-state index in [4.69, 9.17) is 10.8 Å². The van der Waals surface area contributed by atoms with Crippen molar-refractivity contribution in [2.75, 3.05) is 5.73 Å². The predicted octanol–water partition coefficient (Wildman–Crippen LogP) is 0.522. The molecular weight excluding hydrogens is 210 g/mol. The number of halogens is 2. The SMILES string of the molecule is Nc1[nH]c(=O)cc(CC(=O)O)c1C(F)F. The summed E-state index contributed by atoms with van der Waals surface area (Å²) in [5.74, 6) is -1.80. The van der Waals surface area contributed by atoms with Crippen LogP contribution in [0.5, 0.6) is 0 Å². The number of nitrogens with two attached hydrogens (primary N) is 1. The number of alkyl halides is 2. The minimum atomic E-state index is -2.92. The summed E-state index contributed by atoms with van der Waals surface area (Å²) in [4.78, 5) is 23.2. The first kappa shape index (κ1) is 11.2. The van der Waals surface area contributed by atoms with Crippen molar-refractivity contribution < 1.29 is 18.7 Å². The molecule has 0 unspecified atom stereocenters. The first-order valence-corrected chi connectivity index (χ1v) is 3.93. The highest BCUT2D eigenvalue weighted by Gasteiger charge is 2.19. The van der Waals surface area contributed by atoms with Crippen LogP contribution in [-0.2, 0) is 11.2 Å². The van der Waals surface area contributed by atoms with Gasteiger partial charge >= 0.3 is 5.97 Å². The minimum Gasteiger partial charge on any atom is -0.481 e. The van der Waals surface area contributed by atoms with E-state index in [2.05, 4.69) is 0 Å². The lowest BCUT2D eigenvalue weighted by molar-refractivity contribution is -0.136. The standard InChI is InChI=1S/C8H8F2N2O3/c9-7(10)6-3(2-5(14)15)1-4(13)12-8(6)11/h1,7H,2H2,(H,14,15)(H3,11,12,13). The van der Waals surface area contributed by atoms with Crippen LogP contribution in [0.4, 0.5) is 14.6 Å². The smallest absolute Gasteiger partial charge is 0.307 e. The summed E-state index contributed by atoms with van der Waals surface area (Å²) in [7, 11) is 0. The second-order valence-corrected chi connectivity index (χ2v) is 2.86. The van der Waals surface area contributed by atoms with Gasteiger partial charge in [0.25, 0.3) is 6.43 Å². The molecule has 0 spiro atoms. The van der Waals surface area contributed by atoms with Gasteiger partial charge in [0.15, 0.2) is 0 Å². The number of H-pyrrole nitrogens is 1. The third-order valence-corrected chi connectivity index (χ3v) is 1.76. The Labute approximate surface area is 82.5 Å². The fraction of sp³-hybridized carbons (Fsp3) is 0.250. The topological polar surface area (TPSA) is 96.2 Å². The molecule has 1 aromatic heterocycles. The monoisotopic (exact) mass is 218 g/mol. The van der Waals surface area contributed by atoms with Crippen molar-refractivity contribution in [3.63, 3.8) is 0 Å². The van der Waals surface area contributed by atoms with Crippen LogP contribution in [0.25, 0.3) is 0 Å². The van der Waals surface area contributed by atoms with Crippen LogP contribution in [0.3, 0.4) is 0 Å². The van der Waals surface area contributed by atoms with Crippen molar-refractivity contribution in [2.24, 2.45) is 0 Å². The molecule has 0 saturated heterocycles. The Morgan fingerprint density at radius 2 is 2.20 bits per heavy atom. The van der Waals surface area contributed by atoms with Gasteiger partial charge in [0.05, 0.1) is 12.0 Å². The maximum absolute atomic E-state index is 12.5. The molecule has 0 aliphatic rings. The summed E-state index contributed by atoms with van der Waals surface area (Å²) < 4.78 is 25.0. The molecule has 0 saturated carbocycles. The Morgan fingerprint density at radius 3 is 2.67 bits per heavy atom. The largest absolute Gasteiger partial charge is 0.481 e. The van der Waals surface area contributed by atoms with E-state index >= 15 is 0 Å². The van der Waals surface area contributed by atoms with E-state index in [0.717, 1.165) is 6.07 Å². The molecule has 0 atom stereocenters. The highest BCUT2D eigenvalue weighted by molar-refractivity contribution is 5.71. The van der Waals surface area contributed by atoms with Gasteiger partial charge in [-0.2, -0.15) is 0 Å². The number of nitrogens with one attached hydrogen (secondary N) is 1. The molecular formula is C8H8F2N2O3. The van der Waals surface area contributed by atoms with Gasteiger partial charge < -0.3 is 15.8 Å². The molecule has 0 amide bonds. The van der Waals surface area contributed by atoms with Crippen LogP contribution in [0.2, 0.25) is 0 Å². The normalized spacial score (nSPS) is 10.6. The van der Waals surface area contributed by atoms with Crippen LogP contribution >= 0.6 is 0 Å². The van der Waals surface area contributed by atoms with Gasteiger partial charge in [0.2, 0.25) is 5.56 Å². The number of aromatic amines is 1. The lowest BCUT2D eigenvalue weighted by atomic mass is 10.1. The van der Waals surface area contributed by atoms with Crippen molar-refractivity contribution in [1.82, 2.24) is 4.98 Å². The maximum atomic E-state index is 12.5. The number of rotatable bonds is 3. The number of aliphatic carboxylic acids is 1. The lowest BCUT2D eigenvalue weighted by Gasteiger charge is -2.08. The number of hydrogen-bond acceptors (Lipinski definition) is 3. The third-order valence-electron chi connectivity index (χ3n) is 1.76. The number of nitrogen functional groups attached to an aromatic ring is 1. The lowest BCUT2D eigenvalue weighted by Crippen LogP contribution is -2.16. The van der Waals surface area contributed by atoms with E-state index in [9.17, 15) is 18.4 Å². The van der Waals surface area contributed by atoms with E-state index in [1.165, 1.54) is 0 Å². The van der Waals surface area contributed by atoms with Crippen molar-refractivity contribution in [3.05, 3.63) is 27.5 Å². The summed E-state index contributed by atoms with van der Waals surface area (Å²) in [6.07, 6.45) is -3.58. The summed E-state index contributed by atoms with van der Waals surface area (Å²) >= 11 is 0. The van der Waals surface area contributed by atoms with E-state index in [-0.39, 0.29) is 5.56 Å². The molecule has 0 bridgehead atoms. The van der Waals surface area contributed by atoms with Crippen molar-refractivity contribution in [3.8, 4) is 0 Å². The quantitative estimate of drug-likeness (QED) is 0.689. The first-order valence-electron chi connectivity index (χ1n) is 3.93. The Kier molecular flexibility index (Phi) is 3.03. The average Bonchev–Trinajstić information content (AvgIpc) is 1.99. The maximum Gasteiger partial charge on any atom is 0.307 e. The molecule has 7 heteroatoms. The predicted molar refractivity (Wildman–Crippen MR) is 47.8 cm³/mol. The van der Waals surface area contributed by atoms with E-state index in [1.54, 1.807) is 0 Å². The molecule has 0 radical (unpaired) electrons. The molecule has 0 aliphatic heterocycles. The fourth-order valence-electron chi connectivity index (χ4n) is 1.21. The Hall–Kier alpha value is -1.92. The number of anilines is 1. The fourth-order valence-corrected chi connectivity index (χ4v) is 1.21. The Balaban J connectivity index is 3.33. The van der Waals surface area contributed by atoms with Crippen LogP contribution in [0.1, 0.15) is 17.6 Å². The molecule has 0 fully saturated rings. The second-order valence-electron chi connectivity index (χ2n) is 2.86. The van der Waals surface area contributed by atoms with Crippen molar-refractivity contribution in [2.45, 2.75) is 12.8 Å². The van der Waals surface area contributed by atoms with Gasteiger partial charge in [-0.1, -0.05) is 0 Å². The van der Waals surface area contributed by atoms with Crippen molar-refractivity contribution in [1.29, 1.82) is 0 Å². The number of aromatic nitrogens is 1. The first-order chi connectivity index (χ1) is 6.91. The molecule has 4 N–H and O–H groups in total. The molecule has 1 rings (SSSR count). The molecule has 1 aromatic rings. The van der Waals surface area contributed by atoms with E-state index in [0.29, 0.717) is 0 Å². The van der Waals surface area contributed by atoms with Crippen LogP contribution < -0.4 is 11.3 Å². The van der Waals surface area contributed by atoms with Crippen LogP contribution in [0.15, 0.2) is 10.9 Å². The van der Waals surface area contributed by atoms with Gasteiger partial charge in [0.1, 0.15) is 5.82 Å². The highest BCUT2D eigenvalue weighted by atomic mass is 19.3. The minimum absolute atomic E-state index is 0.265.